The standard InChI is InChI=1S/C18H19ClN/c19-17-8-6-15(7-9-17)18-13-20-11-10-16(18)12-14-4-2-1-3-5-14/h1-9,18,20H,10-13H2/t18-/m1/s1. The molecule has 1 saturated heterocycles. The Morgan fingerprint density at radius 2 is 1.75 bits per heavy atom. The average molecular weight is 285 g/mol. The zero-order valence-electron chi connectivity index (χ0n) is 11.5. The van der Waals surface area contributed by atoms with Gasteiger partial charge in [-0.2, -0.15) is 0 Å². The third kappa shape index (κ3) is 3.23. The van der Waals surface area contributed by atoms with Gasteiger partial charge in [-0.05, 0) is 48.6 Å². The summed E-state index contributed by atoms with van der Waals surface area (Å²) in [5.74, 6) is 2.12. The van der Waals surface area contributed by atoms with Gasteiger partial charge in [0.05, 0.1) is 0 Å². The Labute approximate surface area is 126 Å². The second-order valence-corrected chi connectivity index (χ2v) is 5.82. The molecule has 2 aromatic rings. The van der Waals surface area contributed by atoms with E-state index in [-0.39, 0.29) is 0 Å². The topological polar surface area (TPSA) is 12.0 Å². The summed E-state index contributed by atoms with van der Waals surface area (Å²) in [5.41, 5.74) is 2.77. The van der Waals surface area contributed by atoms with Crippen molar-refractivity contribution in [2.45, 2.75) is 18.8 Å². The third-order valence-electron chi connectivity index (χ3n) is 4.01. The van der Waals surface area contributed by atoms with Gasteiger partial charge in [-0.15, -0.1) is 0 Å². The monoisotopic (exact) mass is 284 g/mol. The van der Waals surface area contributed by atoms with Crippen LogP contribution in [0.15, 0.2) is 54.6 Å². The van der Waals surface area contributed by atoms with E-state index in [0.717, 1.165) is 31.0 Å². The maximum atomic E-state index is 5.99. The van der Waals surface area contributed by atoms with Crippen LogP contribution in [0.5, 0.6) is 0 Å². The number of benzene rings is 2. The fourth-order valence-electron chi connectivity index (χ4n) is 2.93. The van der Waals surface area contributed by atoms with E-state index in [9.17, 15) is 0 Å². The quantitative estimate of drug-likeness (QED) is 0.889. The Balaban J connectivity index is 1.78. The molecular formula is C18H19ClN. The summed E-state index contributed by atoms with van der Waals surface area (Å²) in [7, 11) is 0. The maximum absolute atomic E-state index is 5.99. The SMILES string of the molecule is Clc1ccc([C@H]2CNCC[C]2Cc2ccccc2)cc1. The van der Waals surface area contributed by atoms with Crippen molar-refractivity contribution in [3.63, 3.8) is 0 Å². The minimum atomic E-state index is 0.501. The molecular weight excluding hydrogens is 266 g/mol. The minimum absolute atomic E-state index is 0.501. The molecule has 1 aliphatic heterocycles. The number of piperidine rings is 1. The summed E-state index contributed by atoms with van der Waals surface area (Å²) in [6.45, 7) is 2.12. The zero-order valence-corrected chi connectivity index (χ0v) is 12.2. The second kappa shape index (κ2) is 6.43. The Bertz CT molecular complexity index is 535. The highest BCUT2D eigenvalue weighted by Gasteiger charge is 2.26. The van der Waals surface area contributed by atoms with Crippen molar-refractivity contribution in [1.82, 2.24) is 5.32 Å². The van der Waals surface area contributed by atoms with Crippen molar-refractivity contribution in [3.8, 4) is 0 Å². The van der Waals surface area contributed by atoms with Crippen molar-refractivity contribution in [3.05, 3.63) is 76.7 Å². The van der Waals surface area contributed by atoms with E-state index in [2.05, 4.69) is 47.8 Å². The van der Waals surface area contributed by atoms with E-state index in [4.69, 9.17) is 11.6 Å². The van der Waals surface area contributed by atoms with Gasteiger partial charge in [0.2, 0.25) is 0 Å². The van der Waals surface area contributed by atoms with Gasteiger partial charge in [-0.25, -0.2) is 0 Å². The molecule has 0 aliphatic carbocycles. The molecule has 0 spiro atoms. The van der Waals surface area contributed by atoms with Crippen molar-refractivity contribution in [2.75, 3.05) is 13.1 Å². The van der Waals surface area contributed by atoms with Crippen molar-refractivity contribution in [1.29, 1.82) is 0 Å². The first-order valence-electron chi connectivity index (χ1n) is 7.17. The van der Waals surface area contributed by atoms with Crippen LogP contribution < -0.4 is 5.32 Å². The predicted molar refractivity (Wildman–Crippen MR) is 85.1 cm³/mol. The predicted octanol–water partition coefficient (Wildman–Crippen LogP) is 4.23. The first-order chi connectivity index (χ1) is 9.83. The smallest absolute Gasteiger partial charge is 0.0406 e. The summed E-state index contributed by atoms with van der Waals surface area (Å²) in [4.78, 5) is 0. The van der Waals surface area contributed by atoms with E-state index in [1.807, 2.05) is 12.1 Å². The minimum Gasteiger partial charge on any atom is -0.316 e. The lowest BCUT2D eigenvalue weighted by Crippen LogP contribution is -2.34. The molecule has 3 rings (SSSR count). The van der Waals surface area contributed by atoms with E-state index in [1.165, 1.54) is 11.1 Å². The van der Waals surface area contributed by atoms with E-state index >= 15 is 0 Å². The molecule has 1 aliphatic rings. The molecule has 2 heteroatoms. The molecule has 0 saturated carbocycles. The van der Waals surface area contributed by atoms with Crippen molar-refractivity contribution < 1.29 is 0 Å². The number of halogens is 1. The first-order valence-corrected chi connectivity index (χ1v) is 7.55. The fraction of sp³-hybridized carbons (Fsp3) is 0.278. The van der Waals surface area contributed by atoms with Gasteiger partial charge in [0.25, 0.3) is 0 Å². The van der Waals surface area contributed by atoms with Crippen LogP contribution in [0.1, 0.15) is 23.5 Å². The molecule has 1 nitrogen and oxygen atoms in total. The van der Waals surface area contributed by atoms with E-state index in [1.54, 1.807) is 5.92 Å². The molecule has 1 heterocycles. The zero-order chi connectivity index (χ0) is 13.8. The highest BCUT2D eigenvalue weighted by atomic mass is 35.5. The molecule has 1 fully saturated rings. The van der Waals surface area contributed by atoms with Gasteiger partial charge in [-0.1, -0.05) is 54.1 Å². The molecule has 103 valence electrons. The number of rotatable bonds is 3. The van der Waals surface area contributed by atoms with Crippen LogP contribution in [0.25, 0.3) is 0 Å². The molecule has 0 amide bonds. The van der Waals surface area contributed by atoms with Gasteiger partial charge in [0, 0.05) is 17.5 Å². The van der Waals surface area contributed by atoms with Crippen LogP contribution in [0, 0.1) is 5.92 Å². The number of hydrogen-bond acceptors (Lipinski definition) is 1. The van der Waals surface area contributed by atoms with Crippen LogP contribution in [-0.4, -0.2) is 13.1 Å². The fourth-order valence-corrected chi connectivity index (χ4v) is 3.06. The first kappa shape index (κ1) is 13.7. The molecule has 0 aromatic heterocycles. The van der Waals surface area contributed by atoms with Gasteiger partial charge in [0.1, 0.15) is 0 Å². The molecule has 0 bridgehead atoms. The van der Waals surface area contributed by atoms with Gasteiger partial charge in [-0.3, -0.25) is 0 Å². The molecule has 2 aromatic carbocycles. The Morgan fingerprint density at radius 1 is 1.00 bits per heavy atom. The van der Waals surface area contributed by atoms with Crippen molar-refractivity contribution in [2.24, 2.45) is 0 Å². The summed E-state index contributed by atoms with van der Waals surface area (Å²) in [6, 6.07) is 19.0. The van der Waals surface area contributed by atoms with Crippen LogP contribution in [-0.2, 0) is 6.42 Å². The third-order valence-corrected chi connectivity index (χ3v) is 4.26. The van der Waals surface area contributed by atoms with E-state index in [0.29, 0.717) is 5.92 Å². The Morgan fingerprint density at radius 3 is 2.50 bits per heavy atom. The van der Waals surface area contributed by atoms with Crippen LogP contribution in [0.4, 0.5) is 0 Å². The van der Waals surface area contributed by atoms with Gasteiger partial charge < -0.3 is 5.32 Å². The summed E-state index contributed by atoms with van der Waals surface area (Å²) in [6.07, 6.45) is 2.23. The highest BCUT2D eigenvalue weighted by molar-refractivity contribution is 6.30. The lowest BCUT2D eigenvalue weighted by molar-refractivity contribution is 0.480. The van der Waals surface area contributed by atoms with Crippen LogP contribution in [0.2, 0.25) is 5.02 Å². The molecule has 1 radical (unpaired) electrons. The molecule has 20 heavy (non-hydrogen) atoms. The van der Waals surface area contributed by atoms with Gasteiger partial charge in [0.15, 0.2) is 0 Å². The Hall–Kier alpha value is -1.31. The maximum Gasteiger partial charge on any atom is 0.0406 e. The average Bonchev–Trinajstić information content (AvgIpc) is 2.50. The Kier molecular flexibility index (Phi) is 4.39. The summed E-state index contributed by atoms with van der Waals surface area (Å²) >= 11 is 5.99. The summed E-state index contributed by atoms with van der Waals surface area (Å²) in [5, 5.41) is 4.32. The van der Waals surface area contributed by atoms with E-state index < -0.39 is 0 Å². The number of nitrogens with one attached hydrogen (secondary N) is 1. The van der Waals surface area contributed by atoms with Crippen molar-refractivity contribution >= 4 is 11.6 Å². The number of hydrogen-bond donors (Lipinski definition) is 1. The second-order valence-electron chi connectivity index (χ2n) is 5.38. The van der Waals surface area contributed by atoms with Gasteiger partial charge >= 0.3 is 0 Å². The molecule has 1 atom stereocenters. The lowest BCUT2D eigenvalue weighted by Gasteiger charge is -2.32. The summed E-state index contributed by atoms with van der Waals surface area (Å²) < 4.78 is 0. The largest absolute Gasteiger partial charge is 0.316 e. The molecule has 1 N–H and O–H groups in total. The van der Waals surface area contributed by atoms with Crippen LogP contribution >= 0.6 is 11.6 Å². The highest BCUT2D eigenvalue weighted by Crippen LogP contribution is 2.34. The molecule has 0 unspecified atom stereocenters. The normalized spacial score (nSPS) is 19.9. The van der Waals surface area contributed by atoms with Crippen LogP contribution in [0.3, 0.4) is 0 Å². The lowest BCUT2D eigenvalue weighted by atomic mass is 9.78.